The van der Waals surface area contributed by atoms with E-state index in [4.69, 9.17) is 0 Å². The SMILES string of the molecule is CC(C)(C)n1ncc2c(=O)[nH]c(NCC(CO)c3ccc(F)cc3)nc21. The van der Waals surface area contributed by atoms with E-state index in [1.54, 1.807) is 16.8 Å². The minimum absolute atomic E-state index is 0.120. The first-order valence-corrected chi connectivity index (χ1v) is 8.38. The highest BCUT2D eigenvalue weighted by atomic mass is 19.1. The molecule has 3 rings (SSSR count). The first-order chi connectivity index (χ1) is 12.3. The van der Waals surface area contributed by atoms with Crippen molar-refractivity contribution in [3.8, 4) is 0 Å². The van der Waals surface area contributed by atoms with Gasteiger partial charge in [0.1, 0.15) is 11.2 Å². The van der Waals surface area contributed by atoms with Crippen molar-refractivity contribution in [2.45, 2.75) is 32.2 Å². The van der Waals surface area contributed by atoms with Crippen LogP contribution >= 0.6 is 0 Å². The van der Waals surface area contributed by atoms with Gasteiger partial charge >= 0.3 is 0 Å². The van der Waals surface area contributed by atoms with Crippen LogP contribution in [0.3, 0.4) is 0 Å². The molecule has 0 saturated carbocycles. The minimum Gasteiger partial charge on any atom is -0.396 e. The topological polar surface area (TPSA) is 95.8 Å². The molecule has 3 aromatic rings. The maximum absolute atomic E-state index is 13.1. The van der Waals surface area contributed by atoms with Crippen molar-refractivity contribution in [3.63, 3.8) is 0 Å². The molecule has 0 fully saturated rings. The molecular weight excluding hydrogens is 337 g/mol. The number of aliphatic hydroxyl groups excluding tert-OH is 1. The monoisotopic (exact) mass is 359 g/mol. The van der Waals surface area contributed by atoms with Crippen LogP contribution in [0.4, 0.5) is 10.3 Å². The number of anilines is 1. The molecule has 26 heavy (non-hydrogen) atoms. The van der Waals surface area contributed by atoms with Gasteiger partial charge in [-0.15, -0.1) is 0 Å². The van der Waals surface area contributed by atoms with E-state index in [-0.39, 0.29) is 29.4 Å². The summed E-state index contributed by atoms with van der Waals surface area (Å²) in [6.45, 7) is 6.15. The molecule has 1 aromatic carbocycles. The van der Waals surface area contributed by atoms with E-state index in [1.165, 1.54) is 18.3 Å². The Morgan fingerprint density at radius 1 is 1.31 bits per heavy atom. The Bertz CT molecular complexity index is 956. The van der Waals surface area contributed by atoms with E-state index in [1.807, 2.05) is 20.8 Å². The maximum atomic E-state index is 13.1. The number of rotatable bonds is 5. The fourth-order valence-corrected chi connectivity index (χ4v) is 2.74. The highest BCUT2D eigenvalue weighted by Gasteiger charge is 2.20. The Balaban J connectivity index is 1.86. The quantitative estimate of drug-likeness (QED) is 0.649. The number of aromatic nitrogens is 4. The molecular formula is C18H22FN5O2. The van der Waals surface area contributed by atoms with Crippen LogP contribution in [0, 0.1) is 5.82 Å². The van der Waals surface area contributed by atoms with Crippen molar-refractivity contribution < 1.29 is 9.50 Å². The molecule has 0 radical (unpaired) electrons. The van der Waals surface area contributed by atoms with Crippen LogP contribution in [-0.2, 0) is 5.54 Å². The molecule has 7 nitrogen and oxygen atoms in total. The number of halogens is 1. The third-order valence-electron chi connectivity index (χ3n) is 4.15. The van der Waals surface area contributed by atoms with Gasteiger partial charge in [0.2, 0.25) is 5.95 Å². The number of hydrogen-bond donors (Lipinski definition) is 3. The third kappa shape index (κ3) is 3.60. The number of benzene rings is 1. The second-order valence-corrected chi connectivity index (χ2v) is 7.19. The van der Waals surface area contributed by atoms with Crippen molar-refractivity contribution in [2.75, 3.05) is 18.5 Å². The van der Waals surface area contributed by atoms with E-state index < -0.39 is 0 Å². The van der Waals surface area contributed by atoms with Crippen LogP contribution in [0.5, 0.6) is 0 Å². The van der Waals surface area contributed by atoms with Crippen molar-refractivity contribution in [1.29, 1.82) is 0 Å². The molecule has 0 aliphatic heterocycles. The Kier molecular flexibility index (Phi) is 4.78. The van der Waals surface area contributed by atoms with Gasteiger partial charge in [-0.25, -0.2) is 9.07 Å². The number of fused-ring (bicyclic) bond motifs is 1. The summed E-state index contributed by atoms with van der Waals surface area (Å²) in [6.07, 6.45) is 1.51. The lowest BCUT2D eigenvalue weighted by Crippen LogP contribution is -2.25. The fourth-order valence-electron chi connectivity index (χ4n) is 2.74. The average Bonchev–Trinajstić information content (AvgIpc) is 3.02. The van der Waals surface area contributed by atoms with Gasteiger partial charge in [-0.05, 0) is 38.5 Å². The summed E-state index contributed by atoms with van der Waals surface area (Å²) in [5, 5.41) is 17.4. The van der Waals surface area contributed by atoms with E-state index in [0.29, 0.717) is 23.5 Å². The predicted molar refractivity (Wildman–Crippen MR) is 97.9 cm³/mol. The lowest BCUT2D eigenvalue weighted by molar-refractivity contribution is 0.269. The van der Waals surface area contributed by atoms with Crippen molar-refractivity contribution in [3.05, 3.63) is 52.2 Å². The van der Waals surface area contributed by atoms with E-state index in [9.17, 15) is 14.3 Å². The molecule has 1 atom stereocenters. The Hall–Kier alpha value is -2.74. The number of aromatic amines is 1. The lowest BCUT2D eigenvalue weighted by atomic mass is 10.00. The van der Waals surface area contributed by atoms with Crippen LogP contribution in [0.2, 0.25) is 0 Å². The summed E-state index contributed by atoms with van der Waals surface area (Å²) in [6, 6.07) is 5.97. The van der Waals surface area contributed by atoms with Crippen LogP contribution in [0.15, 0.2) is 35.3 Å². The van der Waals surface area contributed by atoms with Crippen LogP contribution < -0.4 is 10.9 Å². The first-order valence-electron chi connectivity index (χ1n) is 8.38. The molecule has 3 N–H and O–H groups in total. The minimum atomic E-state index is -0.328. The summed E-state index contributed by atoms with van der Waals surface area (Å²) >= 11 is 0. The number of aliphatic hydroxyl groups is 1. The Morgan fingerprint density at radius 2 is 2.00 bits per heavy atom. The van der Waals surface area contributed by atoms with Gasteiger partial charge in [-0.1, -0.05) is 12.1 Å². The zero-order valence-electron chi connectivity index (χ0n) is 15.0. The number of nitrogens with zero attached hydrogens (tertiary/aromatic N) is 3. The van der Waals surface area contributed by atoms with Crippen LogP contribution in [0.1, 0.15) is 32.3 Å². The van der Waals surface area contributed by atoms with Crippen molar-refractivity contribution in [2.24, 2.45) is 0 Å². The molecule has 1 unspecified atom stereocenters. The second-order valence-electron chi connectivity index (χ2n) is 7.19. The molecule has 0 aliphatic rings. The van der Waals surface area contributed by atoms with Gasteiger partial charge in [-0.3, -0.25) is 9.78 Å². The third-order valence-corrected chi connectivity index (χ3v) is 4.15. The van der Waals surface area contributed by atoms with Gasteiger partial charge in [0.25, 0.3) is 5.56 Å². The highest BCUT2D eigenvalue weighted by molar-refractivity contribution is 5.74. The molecule has 2 heterocycles. The summed E-state index contributed by atoms with van der Waals surface area (Å²) in [4.78, 5) is 19.4. The van der Waals surface area contributed by atoms with Crippen molar-refractivity contribution >= 4 is 17.0 Å². The average molecular weight is 359 g/mol. The number of nitrogens with one attached hydrogen (secondary N) is 2. The molecule has 0 bridgehead atoms. The molecule has 8 heteroatoms. The van der Waals surface area contributed by atoms with E-state index >= 15 is 0 Å². The van der Waals surface area contributed by atoms with Gasteiger partial charge in [0.05, 0.1) is 18.3 Å². The Morgan fingerprint density at radius 3 is 2.62 bits per heavy atom. The van der Waals surface area contributed by atoms with Gasteiger partial charge < -0.3 is 10.4 Å². The summed E-state index contributed by atoms with van der Waals surface area (Å²) in [5.41, 5.74) is 0.688. The number of hydrogen-bond acceptors (Lipinski definition) is 5. The molecule has 2 aromatic heterocycles. The van der Waals surface area contributed by atoms with Crippen LogP contribution in [-0.4, -0.2) is 38.0 Å². The summed E-state index contributed by atoms with van der Waals surface area (Å²) in [5.74, 6) is -0.288. The van der Waals surface area contributed by atoms with Gasteiger partial charge in [-0.2, -0.15) is 10.1 Å². The smallest absolute Gasteiger partial charge is 0.263 e. The zero-order chi connectivity index (χ0) is 18.9. The zero-order valence-corrected chi connectivity index (χ0v) is 15.0. The van der Waals surface area contributed by atoms with Crippen LogP contribution in [0.25, 0.3) is 11.0 Å². The highest BCUT2D eigenvalue weighted by Crippen LogP contribution is 2.20. The molecule has 0 aliphatic carbocycles. The van der Waals surface area contributed by atoms with Gasteiger partial charge in [0, 0.05) is 12.5 Å². The first kappa shape index (κ1) is 18.1. The second kappa shape index (κ2) is 6.87. The summed E-state index contributed by atoms with van der Waals surface area (Å²) in [7, 11) is 0. The maximum Gasteiger partial charge on any atom is 0.263 e. The molecule has 0 saturated heterocycles. The number of H-pyrrole nitrogens is 1. The van der Waals surface area contributed by atoms with E-state index in [2.05, 4.69) is 20.4 Å². The molecule has 0 amide bonds. The fraction of sp³-hybridized carbons (Fsp3) is 0.389. The predicted octanol–water partition coefficient (Wildman–Crippen LogP) is 2.20. The summed E-state index contributed by atoms with van der Waals surface area (Å²) < 4.78 is 14.8. The molecule has 138 valence electrons. The van der Waals surface area contributed by atoms with E-state index in [0.717, 1.165) is 5.56 Å². The molecule has 0 spiro atoms. The Labute approximate surface area is 149 Å². The van der Waals surface area contributed by atoms with Crippen molar-refractivity contribution in [1.82, 2.24) is 19.7 Å². The largest absolute Gasteiger partial charge is 0.396 e. The van der Waals surface area contributed by atoms with Gasteiger partial charge in [0.15, 0.2) is 5.65 Å². The standard InChI is InChI=1S/C18H22FN5O2/c1-18(2,3)24-15-14(9-21-24)16(26)23-17(22-15)20-8-12(10-25)11-4-6-13(19)7-5-11/h4-7,9,12,25H,8,10H2,1-3H3,(H2,20,22,23,26). The lowest BCUT2D eigenvalue weighted by Gasteiger charge is -2.20. The normalized spacial score (nSPS) is 13.1.